The van der Waals surface area contributed by atoms with E-state index in [0.717, 1.165) is 12.1 Å². The molecule has 3 heteroatoms. The van der Waals surface area contributed by atoms with Gasteiger partial charge in [0.1, 0.15) is 0 Å². The second-order valence-corrected chi connectivity index (χ2v) is 3.33. The highest BCUT2D eigenvalue weighted by Gasteiger charge is 2.04. The third-order valence-corrected chi connectivity index (χ3v) is 1.91. The summed E-state index contributed by atoms with van der Waals surface area (Å²) in [7, 11) is 1.69. The maximum atomic E-state index is 5.61. The quantitative estimate of drug-likeness (QED) is 0.771. The van der Waals surface area contributed by atoms with E-state index in [1.54, 1.807) is 7.11 Å². The van der Waals surface area contributed by atoms with Crippen LogP contribution in [0.4, 0.5) is 0 Å². The zero-order chi connectivity index (χ0) is 12.4. The average Bonchev–Trinajstić information content (AvgIpc) is 2.29. The van der Waals surface area contributed by atoms with Crippen LogP contribution in [0.5, 0.6) is 5.88 Å². The maximum Gasteiger partial charge on any atom is 0.213 e. The Hall–Kier alpha value is -1.09. The smallest absolute Gasteiger partial charge is 0.213 e. The number of rotatable bonds is 5. The van der Waals surface area contributed by atoms with Crippen molar-refractivity contribution in [2.24, 2.45) is 0 Å². The van der Waals surface area contributed by atoms with E-state index in [9.17, 15) is 0 Å². The number of nitrogens with zero attached hydrogens (tertiary/aromatic N) is 1. The van der Waals surface area contributed by atoms with Crippen LogP contribution in [-0.4, -0.2) is 24.8 Å². The molecule has 0 amide bonds. The molecule has 0 aliphatic carbocycles. The Balaban J connectivity index is 0.00000106. The minimum absolute atomic E-state index is 0.143. The molecule has 0 N–H and O–H groups in total. The summed E-state index contributed by atoms with van der Waals surface area (Å²) in [6.45, 7) is 8.68. The summed E-state index contributed by atoms with van der Waals surface area (Å²) < 4.78 is 10.6. The molecule has 1 unspecified atom stereocenters. The first-order chi connectivity index (χ1) is 7.72. The topological polar surface area (TPSA) is 31.4 Å². The van der Waals surface area contributed by atoms with Crippen molar-refractivity contribution in [1.29, 1.82) is 0 Å². The number of aromatic nitrogens is 1. The Morgan fingerprint density at radius 2 is 2.00 bits per heavy atom. The lowest BCUT2D eigenvalue weighted by atomic mass is 10.3. The Morgan fingerprint density at radius 3 is 2.56 bits per heavy atom. The zero-order valence-electron chi connectivity index (χ0n) is 11.0. The van der Waals surface area contributed by atoms with E-state index in [0.29, 0.717) is 12.5 Å². The molecule has 0 saturated heterocycles. The van der Waals surface area contributed by atoms with Gasteiger partial charge in [-0.25, -0.2) is 4.98 Å². The Bertz CT molecular complexity index is 276. The number of pyridine rings is 1. The van der Waals surface area contributed by atoms with Crippen molar-refractivity contribution in [2.45, 2.75) is 40.2 Å². The molecule has 1 aromatic rings. The normalized spacial score (nSPS) is 11.3. The third-order valence-electron chi connectivity index (χ3n) is 1.91. The molecule has 0 aliphatic heterocycles. The molecule has 92 valence electrons. The maximum absolute atomic E-state index is 5.61. The summed E-state index contributed by atoms with van der Waals surface area (Å²) in [4.78, 5) is 4.26. The molecular weight excluding hydrogens is 202 g/mol. The van der Waals surface area contributed by atoms with Gasteiger partial charge in [-0.3, -0.25) is 0 Å². The van der Waals surface area contributed by atoms with Gasteiger partial charge in [-0.2, -0.15) is 0 Å². The standard InChI is InChI=1S/C11H17NO2.C2H6/c1-9-5-4-6-11(12-9)14-10(2)7-8-13-3;1-2/h4-6,10H,7-8H2,1-3H3;1-2H3. The SMILES string of the molecule is CC.COCCC(C)Oc1cccc(C)n1. The fourth-order valence-corrected chi connectivity index (χ4v) is 1.13. The lowest BCUT2D eigenvalue weighted by Gasteiger charge is -2.13. The van der Waals surface area contributed by atoms with Crippen molar-refractivity contribution >= 4 is 0 Å². The second-order valence-electron chi connectivity index (χ2n) is 3.33. The van der Waals surface area contributed by atoms with Gasteiger partial charge in [-0.15, -0.1) is 0 Å². The molecule has 0 aromatic carbocycles. The number of hydrogen-bond donors (Lipinski definition) is 0. The summed E-state index contributed by atoms with van der Waals surface area (Å²) >= 11 is 0. The van der Waals surface area contributed by atoms with Gasteiger partial charge in [0.05, 0.1) is 6.10 Å². The van der Waals surface area contributed by atoms with Gasteiger partial charge >= 0.3 is 0 Å². The summed E-state index contributed by atoms with van der Waals surface area (Å²) in [6, 6.07) is 5.77. The molecule has 3 nitrogen and oxygen atoms in total. The van der Waals surface area contributed by atoms with Gasteiger partial charge in [-0.05, 0) is 19.9 Å². The van der Waals surface area contributed by atoms with Crippen LogP contribution >= 0.6 is 0 Å². The number of ether oxygens (including phenoxy) is 2. The first kappa shape index (κ1) is 14.9. The monoisotopic (exact) mass is 225 g/mol. The lowest BCUT2D eigenvalue weighted by molar-refractivity contribution is 0.132. The molecular formula is C13H23NO2. The van der Waals surface area contributed by atoms with Crippen LogP contribution in [0.25, 0.3) is 0 Å². The molecule has 0 aliphatic rings. The minimum atomic E-state index is 0.143. The molecule has 0 bridgehead atoms. The van der Waals surface area contributed by atoms with Crippen molar-refractivity contribution in [3.63, 3.8) is 0 Å². The summed E-state index contributed by atoms with van der Waals surface area (Å²) in [5.74, 6) is 0.689. The van der Waals surface area contributed by atoms with E-state index >= 15 is 0 Å². The van der Waals surface area contributed by atoms with Crippen molar-refractivity contribution in [1.82, 2.24) is 4.98 Å². The molecule has 1 atom stereocenters. The number of hydrogen-bond acceptors (Lipinski definition) is 3. The Morgan fingerprint density at radius 1 is 1.31 bits per heavy atom. The van der Waals surface area contributed by atoms with Gasteiger partial charge in [0, 0.05) is 31.9 Å². The van der Waals surface area contributed by atoms with Crippen molar-refractivity contribution < 1.29 is 9.47 Å². The number of methoxy groups -OCH3 is 1. The lowest BCUT2D eigenvalue weighted by Crippen LogP contribution is -2.14. The molecule has 0 fully saturated rings. The molecule has 1 aromatic heterocycles. The largest absolute Gasteiger partial charge is 0.475 e. The van der Waals surface area contributed by atoms with E-state index < -0.39 is 0 Å². The third kappa shape index (κ3) is 6.40. The van der Waals surface area contributed by atoms with Gasteiger partial charge < -0.3 is 9.47 Å². The highest BCUT2D eigenvalue weighted by Crippen LogP contribution is 2.10. The van der Waals surface area contributed by atoms with Gasteiger partial charge in [0.25, 0.3) is 0 Å². The van der Waals surface area contributed by atoms with Gasteiger partial charge in [0.15, 0.2) is 0 Å². The molecule has 1 rings (SSSR count). The predicted molar refractivity (Wildman–Crippen MR) is 66.9 cm³/mol. The Kier molecular flexibility index (Phi) is 8.53. The van der Waals surface area contributed by atoms with Crippen LogP contribution in [-0.2, 0) is 4.74 Å². The van der Waals surface area contributed by atoms with E-state index in [1.165, 1.54) is 0 Å². The first-order valence-corrected chi connectivity index (χ1v) is 5.81. The van der Waals surface area contributed by atoms with Crippen LogP contribution in [0.1, 0.15) is 32.9 Å². The number of aryl methyl sites for hydroxylation is 1. The average molecular weight is 225 g/mol. The minimum Gasteiger partial charge on any atom is -0.475 e. The predicted octanol–water partition coefficient (Wildman–Crippen LogP) is 3.22. The molecule has 0 radical (unpaired) electrons. The summed E-state index contributed by atoms with van der Waals surface area (Å²) in [6.07, 6.45) is 1.02. The fraction of sp³-hybridized carbons (Fsp3) is 0.615. The second kappa shape index (κ2) is 9.16. The molecule has 0 spiro atoms. The van der Waals surface area contributed by atoms with Crippen molar-refractivity contribution in [3.05, 3.63) is 23.9 Å². The first-order valence-electron chi connectivity index (χ1n) is 5.81. The van der Waals surface area contributed by atoms with Crippen LogP contribution < -0.4 is 4.74 Å². The van der Waals surface area contributed by atoms with Gasteiger partial charge in [0.2, 0.25) is 5.88 Å². The highest BCUT2D eigenvalue weighted by atomic mass is 16.5. The van der Waals surface area contributed by atoms with Crippen molar-refractivity contribution in [2.75, 3.05) is 13.7 Å². The zero-order valence-corrected chi connectivity index (χ0v) is 11.0. The van der Waals surface area contributed by atoms with Crippen molar-refractivity contribution in [3.8, 4) is 5.88 Å². The van der Waals surface area contributed by atoms with Crippen LogP contribution in [0.15, 0.2) is 18.2 Å². The van der Waals surface area contributed by atoms with Gasteiger partial charge in [-0.1, -0.05) is 19.9 Å². The Labute approximate surface area is 98.8 Å². The van der Waals surface area contributed by atoms with E-state index in [1.807, 2.05) is 45.9 Å². The summed E-state index contributed by atoms with van der Waals surface area (Å²) in [5, 5.41) is 0. The van der Waals surface area contributed by atoms with E-state index in [4.69, 9.17) is 9.47 Å². The molecule has 0 saturated carbocycles. The highest BCUT2D eigenvalue weighted by molar-refractivity contribution is 5.14. The van der Waals surface area contributed by atoms with Crippen LogP contribution in [0, 0.1) is 6.92 Å². The molecule has 16 heavy (non-hydrogen) atoms. The fourth-order valence-electron chi connectivity index (χ4n) is 1.13. The van der Waals surface area contributed by atoms with Crippen LogP contribution in [0.2, 0.25) is 0 Å². The molecule has 1 heterocycles. The van der Waals surface area contributed by atoms with Crippen LogP contribution in [0.3, 0.4) is 0 Å². The summed E-state index contributed by atoms with van der Waals surface area (Å²) in [5.41, 5.74) is 0.974. The van der Waals surface area contributed by atoms with E-state index in [2.05, 4.69) is 4.98 Å². The van der Waals surface area contributed by atoms with E-state index in [-0.39, 0.29) is 6.10 Å².